The van der Waals surface area contributed by atoms with E-state index in [4.69, 9.17) is 4.74 Å². The third-order valence-electron chi connectivity index (χ3n) is 5.00. The molecule has 0 saturated heterocycles. The lowest BCUT2D eigenvalue weighted by molar-refractivity contribution is -0.154. The topological polar surface area (TPSA) is 121 Å². The summed E-state index contributed by atoms with van der Waals surface area (Å²) in [6.45, 7) is 1.76. The lowest BCUT2D eigenvalue weighted by atomic mass is 10.0. The Balaban J connectivity index is 1.97. The van der Waals surface area contributed by atoms with Gasteiger partial charge in [0.05, 0.1) is 31.9 Å². The molecule has 0 aliphatic carbocycles. The predicted molar refractivity (Wildman–Crippen MR) is 119 cm³/mol. The van der Waals surface area contributed by atoms with Crippen LogP contribution in [0.3, 0.4) is 0 Å². The van der Waals surface area contributed by atoms with Crippen molar-refractivity contribution in [3.63, 3.8) is 0 Å². The number of amides is 3. The number of pyridine rings is 1. The zero-order chi connectivity index (χ0) is 24.2. The summed E-state index contributed by atoms with van der Waals surface area (Å²) in [5.74, 6) is -1.93. The van der Waals surface area contributed by atoms with E-state index < -0.39 is 17.6 Å². The minimum absolute atomic E-state index is 0.0661. The Hall–Kier alpha value is -3.53. The van der Waals surface area contributed by atoms with Gasteiger partial charge >= 0.3 is 0 Å². The Kier molecular flexibility index (Phi) is 10.2. The molecule has 0 spiro atoms. The number of methoxy groups -OCH3 is 1. The first-order chi connectivity index (χ1) is 15.9. The molecule has 2 aromatic rings. The van der Waals surface area contributed by atoms with Gasteiger partial charge in [0.1, 0.15) is 5.69 Å². The molecule has 1 aromatic carbocycles. The molecule has 3 N–H and O–H groups in total. The van der Waals surface area contributed by atoms with Gasteiger partial charge in [-0.3, -0.25) is 19.6 Å². The van der Waals surface area contributed by atoms with Crippen LogP contribution >= 0.6 is 0 Å². The first-order valence-electron chi connectivity index (χ1n) is 10.7. The number of hydrogen-bond acceptors (Lipinski definition) is 6. The summed E-state index contributed by atoms with van der Waals surface area (Å²) in [5.41, 5.74) is 1.15. The lowest BCUT2D eigenvalue weighted by Crippen LogP contribution is -2.43. The van der Waals surface area contributed by atoms with Gasteiger partial charge in [-0.05, 0) is 36.8 Å². The van der Waals surface area contributed by atoms with Crippen LogP contribution in [0.4, 0.5) is 4.39 Å². The molecule has 3 amide bonds. The molecule has 1 heterocycles. The van der Waals surface area contributed by atoms with Gasteiger partial charge in [0, 0.05) is 5.56 Å². The second kappa shape index (κ2) is 13.1. The molecule has 2 rings (SSSR count). The average Bonchev–Trinajstić information content (AvgIpc) is 2.83. The van der Waals surface area contributed by atoms with Gasteiger partial charge in [-0.2, -0.15) is 0 Å². The number of benzene rings is 1. The molecule has 0 saturated carbocycles. The fourth-order valence-corrected chi connectivity index (χ4v) is 3.20. The van der Waals surface area contributed by atoms with E-state index >= 15 is 0 Å². The molecule has 0 radical (unpaired) electrons. The van der Waals surface area contributed by atoms with E-state index in [0.717, 1.165) is 19.3 Å². The van der Waals surface area contributed by atoms with Gasteiger partial charge < -0.3 is 15.4 Å². The van der Waals surface area contributed by atoms with Gasteiger partial charge in [0.2, 0.25) is 12.3 Å². The maximum absolute atomic E-state index is 13.7. The van der Waals surface area contributed by atoms with Crippen molar-refractivity contribution in [3.8, 4) is 17.0 Å². The minimum Gasteiger partial charge on any atom is -0.494 e. The number of halogens is 1. The van der Waals surface area contributed by atoms with Crippen LogP contribution in [0.1, 0.15) is 43.1 Å². The van der Waals surface area contributed by atoms with Crippen molar-refractivity contribution < 1.29 is 28.7 Å². The quantitative estimate of drug-likeness (QED) is 0.139. The van der Waals surface area contributed by atoms with Crippen molar-refractivity contribution >= 4 is 18.2 Å². The van der Waals surface area contributed by atoms with Crippen molar-refractivity contribution in [1.82, 2.24) is 20.7 Å². The van der Waals surface area contributed by atoms with Crippen molar-refractivity contribution in [3.05, 3.63) is 47.9 Å². The van der Waals surface area contributed by atoms with Crippen molar-refractivity contribution in [1.29, 1.82) is 0 Å². The number of rotatable bonds is 13. The van der Waals surface area contributed by atoms with Gasteiger partial charge in [0.25, 0.3) is 5.91 Å². The number of nitrogens with one attached hydrogen (secondary N) is 2. The summed E-state index contributed by atoms with van der Waals surface area (Å²) >= 11 is 0. The fraction of sp³-hybridized carbons (Fsp3) is 0.391. The van der Waals surface area contributed by atoms with Crippen LogP contribution in [0.15, 0.2) is 36.4 Å². The molecule has 0 aliphatic heterocycles. The number of carbonyl (C=O) groups excluding carboxylic acids is 3. The molecule has 9 nitrogen and oxygen atoms in total. The molecule has 1 atom stereocenters. The summed E-state index contributed by atoms with van der Waals surface area (Å²) in [7, 11) is 1.36. The van der Waals surface area contributed by atoms with Crippen molar-refractivity contribution in [2.75, 3.05) is 20.3 Å². The van der Waals surface area contributed by atoms with E-state index in [9.17, 15) is 24.0 Å². The average molecular weight is 461 g/mol. The molecule has 0 bridgehead atoms. The highest BCUT2D eigenvalue weighted by Gasteiger charge is 2.20. The number of hydroxylamine groups is 2. The zero-order valence-corrected chi connectivity index (χ0v) is 18.7. The van der Waals surface area contributed by atoms with E-state index in [-0.39, 0.29) is 37.0 Å². The second-order valence-electron chi connectivity index (χ2n) is 7.40. The molecule has 33 heavy (non-hydrogen) atoms. The van der Waals surface area contributed by atoms with Gasteiger partial charge in [0.15, 0.2) is 11.6 Å². The Bertz CT molecular complexity index is 956. The van der Waals surface area contributed by atoms with E-state index in [1.165, 1.54) is 31.4 Å². The summed E-state index contributed by atoms with van der Waals surface area (Å²) in [6, 6.07) is 9.12. The van der Waals surface area contributed by atoms with E-state index in [0.29, 0.717) is 22.7 Å². The van der Waals surface area contributed by atoms with Crippen LogP contribution in [0.25, 0.3) is 11.3 Å². The zero-order valence-electron chi connectivity index (χ0n) is 18.7. The number of nitrogens with zero attached hydrogens (tertiary/aromatic N) is 2. The molecule has 10 heteroatoms. The highest BCUT2D eigenvalue weighted by Crippen LogP contribution is 2.25. The highest BCUT2D eigenvalue weighted by molar-refractivity contribution is 5.93. The maximum Gasteiger partial charge on any atom is 0.271 e. The Morgan fingerprint density at radius 2 is 2.03 bits per heavy atom. The number of aromatic nitrogens is 1. The molecule has 0 aliphatic rings. The highest BCUT2D eigenvalue weighted by atomic mass is 19.1. The fourth-order valence-electron chi connectivity index (χ4n) is 3.20. The van der Waals surface area contributed by atoms with Crippen LogP contribution < -0.4 is 15.4 Å². The van der Waals surface area contributed by atoms with Gasteiger partial charge in [-0.1, -0.05) is 32.3 Å². The normalized spacial score (nSPS) is 11.4. The molecule has 0 fully saturated rings. The summed E-state index contributed by atoms with van der Waals surface area (Å²) in [5, 5.41) is 15.0. The number of ether oxygens (including phenoxy) is 1. The summed E-state index contributed by atoms with van der Waals surface area (Å²) < 4.78 is 18.6. The third kappa shape index (κ3) is 7.83. The number of unbranched alkanes of at least 4 members (excludes halogenated alkanes) is 2. The molecule has 178 valence electrons. The largest absolute Gasteiger partial charge is 0.494 e. The number of hydrogen-bond donors (Lipinski definition) is 3. The van der Waals surface area contributed by atoms with Crippen molar-refractivity contribution in [2.24, 2.45) is 5.92 Å². The Labute approximate surface area is 191 Å². The SMILES string of the molecule is CCCCCC(CN(O)C=O)C(=O)NCNC(=O)c1cccc(-c2ccc(F)c(OC)c2)n1. The van der Waals surface area contributed by atoms with E-state index in [1.807, 2.05) is 6.92 Å². The third-order valence-corrected chi connectivity index (χ3v) is 5.00. The minimum atomic E-state index is -0.599. The standard InChI is InChI=1S/C23H29FN4O5/c1-3-4-5-7-17(13-28(32)15-29)22(30)25-14-26-23(31)20-9-6-8-19(27-20)16-10-11-18(24)21(12-16)33-2/h6,8-12,15,17,32H,3-5,7,13-14H2,1-2H3,(H,25,30)(H,26,31). The van der Waals surface area contributed by atoms with E-state index in [2.05, 4.69) is 15.6 Å². The summed E-state index contributed by atoms with van der Waals surface area (Å²) in [4.78, 5) is 39.9. The Morgan fingerprint density at radius 3 is 2.73 bits per heavy atom. The first-order valence-corrected chi connectivity index (χ1v) is 10.7. The predicted octanol–water partition coefficient (Wildman–Crippen LogP) is 2.74. The van der Waals surface area contributed by atoms with Crippen LogP contribution in [0.2, 0.25) is 0 Å². The van der Waals surface area contributed by atoms with E-state index in [1.54, 1.807) is 12.1 Å². The molecular formula is C23H29FN4O5. The van der Waals surface area contributed by atoms with Crippen molar-refractivity contribution in [2.45, 2.75) is 32.6 Å². The lowest BCUT2D eigenvalue weighted by Gasteiger charge is -2.19. The molecular weight excluding hydrogens is 431 g/mol. The van der Waals surface area contributed by atoms with Crippen LogP contribution in [0.5, 0.6) is 5.75 Å². The molecule has 1 aromatic heterocycles. The van der Waals surface area contributed by atoms with Crippen LogP contribution in [0, 0.1) is 11.7 Å². The Morgan fingerprint density at radius 1 is 1.24 bits per heavy atom. The smallest absolute Gasteiger partial charge is 0.271 e. The monoisotopic (exact) mass is 460 g/mol. The maximum atomic E-state index is 13.7. The van der Waals surface area contributed by atoms with Gasteiger partial charge in [-0.25, -0.2) is 14.4 Å². The second-order valence-corrected chi connectivity index (χ2v) is 7.40. The van der Waals surface area contributed by atoms with Crippen LogP contribution in [-0.2, 0) is 9.59 Å². The van der Waals surface area contributed by atoms with Gasteiger partial charge in [-0.15, -0.1) is 0 Å². The van der Waals surface area contributed by atoms with Crippen LogP contribution in [-0.4, -0.2) is 53.8 Å². The first kappa shape index (κ1) is 25.7. The number of carbonyl (C=O) groups is 3. The summed E-state index contributed by atoms with van der Waals surface area (Å²) in [6.07, 6.45) is 3.42. The molecule has 1 unspecified atom stereocenters.